The molecule has 3 N–H and O–H groups in total. The number of rotatable bonds is 11. The summed E-state index contributed by atoms with van der Waals surface area (Å²) in [6.45, 7) is 12.5. The lowest BCUT2D eigenvalue weighted by Gasteiger charge is -2.32. The molecule has 0 radical (unpaired) electrons. The lowest BCUT2D eigenvalue weighted by molar-refractivity contribution is -0.116. The van der Waals surface area contributed by atoms with Gasteiger partial charge in [-0.1, -0.05) is 68.2 Å². The van der Waals surface area contributed by atoms with Gasteiger partial charge in [-0.15, -0.1) is 0 Å². The maximum Gasteiger partial charge on any atom is 0.244 e. The van der Waals surface area contributed by atoms with Gasteiger partial charge < -0.3 is 11.1 Å². The summed E-state index contributed by atoms with van der Waals surface area (Å²) >= 11 is 0. The zero-order valence-corrected chi connectivity index (χ0v) is 19.3. The van der Waals surface area contributed by atoms with Crippen molar-refractivity contribution >= 4 is 5.91 Å². The van der Waals surface area contributed by atoms with E-state index < -0.39 is 0 Å². The predicted molar refractivity (Wildman–Crippen MR) is 127 cm³/mol. The monoisotopic (exact) mass is 398 g/mol. The van der Waals surface area contributed by atoms with Crippen LogP contribution >= 0.6 is 0 Å². The van der Waals surface area contributed by atoms with Crippen LogP contribution in [-0.2, 0) is 4.79 Å². The largest absolute Gasteiger partial charge is 0.353 e. The van der Waals surface area contributed by atoms with E-state index in [0.29, 0.717) is 0 Å². The number of hydrogen-bond acceptors (Lipinski definition) is 2. The molecule has 29 heavy (non-hydrogen) atoms. The van der Waals surface area contributed by atoms with E-state index in [2.05, 4.69) is 51.2 Å². The normalized spacial score (nSPS) is 18.1. The molecular formula is C26H42N2O. The molecule has 0 aromatic heterocycles. The Morgan fingerprint density at radius 2 is 1.83 bits per heavy atom. The van der Waals surface area contributed by atoms with Gasteiger partial charge in [0, 0.05) is 12.6 Å². The van der Waals surface area contributed by atoms with E-state index in [1.54, 1.807) is 6.08 Å². The number of carbonyl (C=O) groups excluding carboxylic acids is 1. The van der Waals surface area contributed by atoms with Crippen molar-refractivity contribution in [3.63, 3.8) is 0 Å². The summed E-state index contributed by atoms with van der Waals surface area (Å²) in [5.41, 5.74) is 10.9. The molecule has 0 heterocycles. The molecule has 0 unspecified atom stereocenters. The van der Waals surface area contributed by atoms with E-state index in [4.69, 9.17) is 5.73 Å². The first-order valence-corrected chi connectivity index (χ1v) is 11.2. The molecule has 1 aliphatic carbocycles. The van der Waals surface area contributed by atoms with Crippen LogP contribution in [0.4, 0.5) is 0 Å². The fraction of sp³-hybridized carbons (Fsp3) is 0.577. The van der Waals surface area contributed by atoms with Gasteiger partial charge in [-0.3, -0.25) is 4.79 Å². The smallest absolute Gasteiger partial charge is 0.244 e. The summed E-state index contributed by atoms with van der Waals surface area (Å²) in [5.74, 6) is -0.0199. The van der Waals surface area contributed by atoms with Crippen molar-refractivity contribution in [3.05, 3.63) is 58.7 Å². The van der Waals surface area contributed by atoms with Crippen molar-refractivity contribution in [2.45, 2.75) is 79.6 Å². The van der Waals surface area contributed by atoms with E-state index in [1.165, 1.54) is 36.0 Å². The fourth-order valence-electron chi connectivity index (χ4n) is 3.77. The number of amides is 1. The third kappa shape index (κ3) is 10.5. The Hall–Kier alpha value is -1.87. The van der Waals surface area contributed by atoms with Gasteiger partial charge in [0.15, 0.2) is 0 Å². The molecule has 1 rings (SSSR count). The first-order chi connectivity index (χ1) is 13.8. The molecule has 162 valence electrons. The molecule has 0 saturated carbocycles. The maximum atomic E-state index is 11.9. The van der Waals surface area contributed by atoms with Gasteiger partial charge in [0.1, 0.15) is 0 Å². The minimum Gasteiger partial charge on any atom is -0.353 e. The van der Waals surface area contributed by atoms with Crippen LogP contribution in [0.15, 0.2) is 58.7 Å². The van der Waals surface area contributed by atoms with E-state index in [0.717, 1.165) is 44.3 Å². The first-order valence-electron chi connectivity index (χ1n) is 11.2. The Kier molecular flexibility index (Phi) is 11.6. The second-order valence-electron chi connectivity index (χ2n) is 8.92. The second kappa shape index (κ2) is 13.4. The highest BCUT2D eigenvalue weighted by atomic mass is 16.1. The van der Waals surface area contributed by atoms with Crippen LogP contribution < -0.4 is 11.1 Å². The van der Waals surface area contributed by atoms with Gasteiger partial charge in [0.2, 0.25) is 5.91 Å². The molecule has 0 fully saturated rings. The van der Waals surface area contributed by atoms with Crippen molar-refractivity contribution in [3.8, 4) is 0 Å². The highest BCUT2D eigenvalue weighted by Crippen LogP contribution is 2.40. The van der Waals surface area contributed by atoms with E-state index in [9.17, 15) is 4.79 Å². The molecule has 0 atom stereocenters. The maximum absolute atomic E-state index is 11.9. The molecule has 0 bridgehead atoms. The predicted octanol–water partition coefficient (Wildman–Crippen LogP) is 6.15. The zero-order chi connectivity index (χ0) is 21.7. The SMILES string of the molecule is CC(C=CC1=C(C)CCCC1(C)C)=CC=CC(C)=CC(=O)NCCCCCCN. The van der Waals surface area contributed by atoms with Crippen LogP contribution in [0.3, 0.4) is 0 Å². The second-order valence-corrected chi connectivity index (χ2v) is 8.92. The van der Waals surface area contributed by atoms with Crippen LogP contribution in [0.1, 0.15) is 79.6 Å². The summed E-state index contributed by atoms with van der Waals surface area (Å²) in [7, 11) is 0. The Morgan fingerprint density at radius 1 is 1.10 bits per heavy atom. The number of carbonyl (C=O) groups is 1. The third-order valence-corrected chi connectivity index (χ3v) is 5.56. The van der Waals surface area contributed by atoms with Crippen LogP contribution in [0.25, 0.3) is 0 Å². The quantitative estimate of drug-likeness (QED) is 0.249. The zero-order valence-electron chi connectivity index (χ0n) is 19.3. The summed E-state index contributed by atoms with van der Waals surface area (Å²) in [5, 5.41) is 2.95. The van der Waals surface area contributed by atoms with Gasteiger partial charge in [-0.2, -0.15) is 0 Å². The number of hydrogen-bond donors (Lipinski definition) is 2. The highest BCUT2D eigenvalue weighted by molar-refractivity contribution is 5.88. The van der Waals surface area contributed by atoms with Gasteiger partial charge in [0.05, 0.1) is 0 Å². The van der Waals surface area contributed by atoms with Crippen LogP contribution in [0, 0.1) is 5.41 Å². The molecule has 1 aliphatic rings. The molecule has 1 amide bonds. The lowest BCUT2D eigenvalue weighted by Crippen LogP contribution is -2.22. The number of nitrogens with two attached hydrogens (primary N) is 1. The standard InChI is InChI=1S/C26H42N2O/c1-21(15-16-24-23(3)14-11-17-26(24,4)5)12-10-13-22(2)20-25(29)28-19-9-7-6-8-18-27/h10,12-13,15-16,20H,6-9,11,14,17-19,27H2,1-5H3,(H,28,29). The van der Waals surface area contributed by atoms with E-state index in [-0.39, 0.29) is 11.3 Å². The van der Waals surface area contributed by atoms with Crippen LogP contribution in [0.2, 0.25) is 0 Å². The van der Waals surface area contributed by atoms with Crippen LogP contribution in [0.5, 0.6) is 0 Å². The van der Waals surface area contributed by atoms with Gasteiger partial charge in [-0.25, -0.2) is 0 Å². The fourth-order valence-corrected chi connectivity index (χ4v) is 3.77. The van der Waals surface area contributed by atoms with Gasteiger partial charge in [-0.05, 0) is 76.0 Å². The molecule has 3 nitrogen and oxygen atoms in total. The van der Waals surface area contributed by atoms with E-state index in [1.807, 2.05) is 19.1 Å². The molecule has 0 saturated heterocycles. The molecule has 3 heteroatoms. The molecule has 0 aromatic rings. The van der Waals surface area contributed by atoms with Gasteiger partial charge in [0.25, 0.3) is 0 Å². The van der Waals surface area contributed by atoms with Crippen LogP contribution in [-0.4, -0.2) is 19.0 Å². The van der Waals surface area contributed by atoms with Crippen molar-refractivity contribution in [2.24, 2.45) is 11.1 Å². The van der Waals surface area contributed by atoms with Gasteiger partial charge >= 0.3 is 0 Å². The summed E-state index contributed by atoms with van der Waals surface area (Å²) in [4.78, 5) is 11.9. The van der Waals surface area contributed by atoms with E-state index >= 15 is 0 Å². The molecular weight excluding hydrogens is 356 g/mol. The minimum atomic E-state index is -0.0199. The number of allylic oxidation sites excluding steroid dienone is 9. The summed E-state index contributed by atoms with van der Waals surface area (Å²) in [6, 6.07) is 0. The number of unbranched alkanes of at least 4 members (excludes halogenated alkanes) is 3. The Bertz CT molecular complexity index is 675. The Balaban J connectivity index is 2.50. The minimum absolute atomic E-state index is 0.0199. The average Bonchev–Trinajstić information content (AvgIpc) is 2.63. The lowest BCUT2D eigenvalue weighted by atomic mass is 9.72. The molecule has 0 aromatic carbocycles. The Labute approximate surface area is 178 Å². The van der Waals surface area contributed by atoms with Crippen molar-refractivity contribution in [1.29, 1.82) is 0 Å². The molecule has 0 aliphatic heterocycles. The highest BCUT2D eigenvalue weighted by Gasteiger charge is 2.26. The molecule has 0 spiro atoms. The topological polar surface area (TPSA) is 55.1 Å². The van der Waals surface area contributed by atoms with Crippen molar-refractivity contribution in [2.75, 3.05) is 13.1 Å². The summed E-state index contributed by atoms with van der Waals surface area (Å²) in [6.07, 6.45) is 20.3. The van der Waals surface area contributed by atoms with Crippen molar-refractivity contribution < 1.29 is 4.79 Å². The first kappa shape index (κ1) is 25.2. The number of nitrogens with one attached hydrogen (secondary N) is 1. The summed E-state index contributed by atoms with van der Waals surface area (Å²) < 4.78 is 0. The van der Waals surface area contributed by atoms with Crippen molar-refractivity contribution in [1.82, 2.24) is 5.32 Å². The Morgan fingerprint density at radius 3 is 2.52 bits per heavy atom. The average molecular weight is 399 g/mol. The third-order valence-electron chi connectivity index (χ3n) is 5.56.